The van der Waals surface area contributed by atoms with E-state index in [9.17, 15) is 0 Å². The van der Waals surface area contributed by atoms with Gasteiger partial charge in [-0.2, -0.15) is 0 Å². The van der Waals surface area contributed by atoms with Crippen LogP contribution in [-0.4, -0.2) is 33.2 Å². The first-order valence-corrected chi connectivity index (χ1v) is 5.72. The first kappa shape index (κ1) is 11.7. The SMILES string of the molecule is CC(CCO)CNc1ccc2nccnc2n1. The van der Waals surface area contributed by atoms with E-state index in [2.05, 4.69) is 27.2 Å². The molecule has 1 unspecified atom stereocenters. The quantitative estimate of drug-likeness (QED) is 0.816. The highest BCUT2D eigenvalue weighted by atomic mass is 16.3. The largest absolute Gasteiger partial charge is 0.396 e. The first-order chi connectivity index (χ1) is 8.29. The summed E-state index contributed by atoms with van der Waals surface area (Å²) in [6.07, 6.45) is 4.08. The molecule has 0 aliphatic rings. The van der Waals surface area contributed by atoms with E-state index >= 15 is 0 Å². The molecule has 0 aliphatic carbocycles. The van der Waals surface area contributed by atoms with Gasteiger partial charge in [0, 0.05) is 25.5 Å². The van der Waals surface area contributed by atoms with Gasteiger partial charge in [0.15, 0.2) is 5.65 Å². The molecule has 17 heavy (non-hydrogen) atoms. The molecule has 0 spiro atoms. The van der Waals surface area contributed by atoms with Gasteiger partial charge in [-0.25, -0.2) is 9.97 Å². The second-order valence-electron chi connectivity index (χ2n) is 4.09. The van der Waals surface area contributed by atoms with E-state index in [1.165, 1.54) is 0 Å². The Morgan fingerprint density at radius 1 is 1.29 bits per heavy atom. The van der Waals surface area contributed by atoms with E-state index in [1.54, 1.807) is 12.4 Å². The average molecular weight is 232 g/mol. The molecule has 0 bridgehead atoms. The molecule has 5 nitrogen and oxygen atoms in total. The van der Waals surface area contributed by atoms with Crippen molar-refractivity contribution in [2.75, 3.05) is 18.5 Å². The van der Waals surface area contributed by atoms with Crippen LogP contribution in [0.5, 0.6) is 0 Å². The van der Waals surface area contributed by atoms with Crippen LogP contribution in [-0.2, 0) is 0 Å². The number of hydrogen-bond donors (Lipinski definition) is 2. The zero-order chi connectivity index (χ0) is 12.1. The predicted octanol–water partition coefficient (Wildman–Crippen LogP) is 1.46. The number of hydrogen-bond acceptors (Lipinski definition) is 5. The molecule has 2 N–H and O–H groups in total. The monoisotopic (exact) mass is 232 g/mol. The Balaban J connectivity index is 2.04. The zero-order valence-corrected chi connectivity index (χ0v) is 9.80. The molecule has 0 aliphatic heterocycles. The van der Waals surface area contributed by atoms with Crippen LogP contribution < -0.4 is 5.32 Å². The summed E-state index contributed by atoms with van der Waals surface area (Å²) in [7, 11) is 0. The normalized spacial score (nSPS) is 12.6. The molecule has 0 amide bonds. The van der Waals surface area contributed by atoms with Crippen molar-refractivity contribution >= 4 is 17.0 Å². The Morgan fingerprint density at radius 2 is 2.12 bits per heavy atom. The number of fused-ring (bicyclic) bond motifs is 1. The lowest BCUT2D eigenvalue weighted by atomic mass is 10.1. The molecule has 2 rings (SSSR count). The summed E-state index contributed by atoms with van der Waals surface area (Å²) in [5.74, 6) is 1.21. The van der Waals surface area contributed by atoms with Crippen LogP contribution >= 0.6 is 0 Å². The lowest BCUT2D eigenvalue weighted by molar-refractivity contribution is 0.266. The maximum atomic E-state index is 8.81. The smallest absolute Gasteiger partial charge is 0.180 e. The van der Waals surface area contributed by atoms with E-state index < -0.39 is 0 Å². The average Bonchev–Trinajstić information content (AvgIpc) is 2.36. The fourth-order valence-electron chi connectivity index (χ4n) is 1.55. The maximum Gasteiger partial charge on any atom is 0.180 e. The third-order valence-electron chi connectivity index (χ3n) is 2.59. The van der Waals surface area contributed by atoms with E-state index in [0.717, 1.165) is 24.3 Å². The fourth-order valence-corrected chi connectivity index (χ4v) is 1.55. The second-order valence-corrected chi connectivity index (χ2v) is 4.09. The van der Waals surface area contributed by atoms with Crippen LogP contribution in [0.2, 0.25) is 0 Å². The third-order valence-corrected chi connectivity index (χ3v) is 2.59. The number of nitrogens with one attached hydrogen (secondary N) is 1. The topological polar surface area (TPSA) is 70.9 Å². The summed E-state index contributed by atoms with van der Waals surface area (Å²) in [5.41, 5.74) is 1.44. The number of pyridine rings is 1. The van der Waals surface area contributed by atoms with Gasteiger partial charge in [-0.05, 0) is 24.5 Å². The van der Waals surface area contributed by atoms with E-state index in [-0.39, 0.29) is 6.61 Å². The molecule has 0 fully saturated rings. The standard InChI is InChI=1S/C12H16N4O/c1-9(4-7-17)8-15-11-3-2-10-12(16-11)14-6-5-13-10/h2-3,5-6,9,17H,4,7-8H2,1H3,(H,14,15,16). The van der Waals surface area contributed by atoms with E-state index in [4.69, 9.17) is 5.11 Å². The molecule has 0 aromatic carbocycles. The lowest BCUT2D eigenvalue weighted by Crippen LogP contribution is -2.13. The summed E-state index contributed by atoms with van der Waals surface area (Å²) in [5, 5.41) is 12.0. The molecule has 0 radical (unpaired) electrons. The molecular formula is C12H16N4O. The summed E-state index contributed by atoms with van der Waals surface area (Å²) in [6.45, 7) is 3.10. The van der Waals surface area contributed by atoms with Crippen molar-refractivity contribution in [3.8, 4) is 0 Å². The lowest BCUT2D eigenvalue weighted by Gasteiger charge is -2.11. The maximum absolute atomic E-state index is 8.81. The Morgan fingerprint density at radius 3 is 2.94 bits per heavy atom. The van der Waals surface area contributed by atoms with Crippen molar-refractivity contribution in [3.63, 3.8) is 0 Å². The van der Waals surface area contributed by atoms with Gasteiger partial charge in [-0.3, -0.25) is 4.98 Å². The Hall–Kier alpha value is -1.75. The van der Waals surface area contributed by atoms with Crippen LogP contribution in [0.15, 0.2) is 24.5 Å². The van der Waals surface area contributed by atoms with Crippen LogP contribution in [0.25, 0.3) is 11.2 Å². The first-order valence-electron chi connectivity index (χ1n) is 5.72. The molecule has 2 heterocycles. The number of aliphatic hydroxyl groups excluding tert-OH is 1. The molecule has 0 saturated carbocycles. The number of anilines is 1. The van der Waals surface area contributed by atoms with Crippen molar-refractivity contribution in [2.45, 2.75) is 13.3 Å². The molecule has 2 aromatic heterocycles. The predicted molar refractivity (Wildman–Crippen MR) is 66.7 cm³/mol. The molecule has 90 valence electrons. The van der Waals surface area contributed by atoms with Crippen LogP contribution in [0, 0.1) is 5.92 Å². The van der Waals surface area contributed by atoms with Crippen LogP contribution in [0.1, 0.15) is 13.3 Å². The third kappa shape index (κ3) is 3.10. The zero-order valence-electron chi connectivity index (χ0n) is 9.80. The summed E-state index contributed by atoms with van der Waals surface area (Å²) < 4.78 is 0. The van der Waals surface area contributed by atoms with Crippen molar-refractivity contribution in [3.05, 3.63) is 24.5 Å². The summed E-state index contributed by atoms with van der Waals surface area (Å²) in [4.78, 5) is 12.7. The second kappa shape index (κ2) is 5.54. The minimum Gasteiger partial charge on any atom is -0.396 e. The van der Waals surface area contributed by atoms with Crippen LogP contribution in [0.4, 0.5) is 5.82 Å². The number of rotatable bonds is 5. The Bertz CT molecular complexity index is 489. The van der Waals surface area contributed by atoms with E-state index in [0.29, 0.717) is 11.6 Å². The van der Waals surface area contributed by atoms with Crippen molar-refractivity contribution in [2.24, 2.45) is 5.92 Å². The highest BCUT2D eigenvalue weighted by molar-refractivity contribution is 5.71. The molecule has 2 aromatic rings. The van der Waals surface area contributed by atoms with Crippen molar-refractivity contribution < 1.29 is 5.11 Å². The van der Waals surface area contributed by atoms with E-state index in [1.807, 2.05) is 12.1 Å². The van der Waals surface area contributed by atoms with Crippen LogP contribution in [0.3, 0.4) is 0 Å². The number of nitrogens with zero attached hydrogens (tertiary/aromatic N) is 3. The van der Waals surface area contributed by atoms with Gasteiger partial charge in [0.2, 0.25) is 0 Å². The van der Waals surface area contributed by atoms with Gasteiger partial charge < -0.3 is 10.4 Å². The van der Waals surface area contributed by atoms with Crippen molar-refractivity contribution in [1.29, 1.82) is 0 Å². The Kier molecular flexibility index (Phi) is 3.82. The Labute approximate surface area is 99.9 Å². The minimum absolute atomic E-state index is 0.222. The summed E-state index contributed by atoms with van der Waals surface area (Å²) >= 11 is 0. The molecule has 0 saturated heterocycles. The summed E-state index contributed by atoms with van der Waals surface area (Å²) in [6, 6.07) is 3.79. The highest BCUT2D eigenvalue weighted by Crippen LogP contribution is 2.11. The molecule has 5 heteroatoms. The van der Waals surface area contributed by atoms with Gasteiger partial charge in [0.1, 0.15) is 11.3 Å². The number of aromatic nitrogens is 3. The van der Waals surface area contributed by atoms with Gasteiger partial charge in [-0.15, -0.1) is 0 Å². The fraction of sp³-hybridized carbons (Fsp3) is 0.417. The van der Waals surface area contributed by atoms with Gasteiger partial charge in [-0.1, -0.05) is 6.92 Å². The molecular weight excluding hydrogens is 216 g/mol. The van der Waals surface area contributed by atoms with Gasteiger partial charge in [0.25, 0.3) is 0 Å². The van der Waals surface area contributed by atoms with Gasteiger partial charge >= 0.3 is 0 Å². The van der Waals surface area contributed by atoms with Crippen molar-refractivity contribution in [1.82, 2.24) is 15.0 Å². The highest BCUT2D eigenvalue weighted by Gasteiger charge is 2.03. The minimum atomic E-state index is 0.222. The molecule has 1 atom stereocenters. The van der Waals surface area contributed by atoms with Gasteiger partial charge in [0.05, 0.1) is 0 Å². The number of aliphatic hydroxyl groups is 1.